The standard InChI is InChI=1S/C29H31ClN2O2/c1-16(2)20-11-9-12-21(17(3)4)26(20)31-29(33)32-28-25(22-10-7-8-13-24(22)30)23-15-18(5)14-19(6)27(23)34-28/h7-17H,1-6H3,(H2,31,32,33). The maximum atomic E-state index is 13.3. The molecule has 34 heavy (non-hydrogen) atoms. The van der Waals surface area contributed by atoms with E-state index < -0.39 is 0 Å². The van der Waals surface area contributed by atoms with Crippen molar-refractivity contribution >= 4 is 40.2 Å². The number of fused-ring (bicyclic) bond motifs is 1. The van der Waals surface area contributed by atoms with Crippen LogP contribution in [-0.4, -0.2) is 6.03 Å². The lowest BCUT2D eigenvalue weighted by Gasteiger charge is -2.20. The molecule has 176 valence electrons. The van der Waals surface area contributed by atoms with E-state index in [2.05, 4.69) is 62.6 Å². The molecule has 0 saturated carbocycles. The van der Waals surface area contributed by atoms with Crippen LogP contribution in [0.3, 0.4) is 0 Å². The van der Waals surface area contributed by atoms with E-state index >= 15 is 0 Å². The fraction of sp³-hybridized carbons (Fsp3) is 0.276. The highest BCUT2D eigenvalue weighted by atomic mass is 35.5. The van der Waals surface area contributed by atoms with Crippen molar-refractivity contribution in [1.29, 1.82) is 0 Å². The second-order valence-electron chi connectivity index (χ2n) is 9.44. The second kappa shape index (κ2) is 9.55. The number of rotatable bonds is 5. The fourth-order valence-corrected chi connectivity index (χ4v) is 4.74. The van der Waals surface area contributed by atoms with Gasteiger partial charge in [0, 0.05) is 21.7 Å². The van der Waals surface area contributed by atoms with Crippen molar-refractivity contribution in [3.8, 4) is 11.1 Å². The maximum Gasteiger partial charge on any atom is 0.326 e. The summed E-state index contributed by atoms with van der Waals surface area (Å²) in [6, 6.07) is 17.6. The number of aryl methyl sites for hydroxylation is 2. The summed E-state index contributed by atoms with van der Waals surface area (Å²) in [6.45, 7) is 12.6. The van der Waals surface area contributed by atoms with Gasteiger partial charge in [0.25, 0.3) is 0 Å². The molecule has 5 heteroatoms. The van der Waals surface area contributed by atoms with Crippen LogP contribution in [0.5, 0.6) is 0 Å². The zero-order valence-corrected chi connectivity index (χ0v) is 21.3. The summed E-state index contributed by atoms with van der Waals surface area (Å²) in [5.74, 6) is 0.913. The smallest absolute Gasteiger partial charge is 0.326 e. The number of furan rings is 1. The van der Waals surface area contributed by atoms with Crippen molar-refractivity contribution in [2.75, 3.05) is 10.6 Å². The first kappa shape index (κ1) is 23.9. The maximum absolute atomic E-state index is 13.3. The quantitative estimate of drug-likeness (QED) is 0.302. The highest BCUT2D eigenvalue weighted by Gasteiger charge is 2.22. The Morgan fingerprint density at radius 3 is 2.15 bits per heavy atom. The number of amides is 2. The van der Waals surface area contributed by atoms with Crippen LogP contribution in [-0.2, 0) is 0 Å². The van der Waals surface area contributed by atoms with E-state index in [0.29, 0.717) is 10.9 Å². The Hall–Kier alpha value is -3.24. The van der Waals surface area contributed by atoms with Crippen LogP contribution in [0.15, 0.2) is 59.0 Å². The normalized spacial score (nSPS) is 11.4. The number of carbonyl (C=O) groups excluding carboxylic acids is 1. The number of urea groups is 1. The van der Waals surface area contributed by atoms with Gasteiger partial charge in [-0.15, -0.1) is 0 Å². The third-order valence-electron chi connectivity index (χ3n) is 6.10. The van der Waals surface area contributed by atoms with Gasteiger partial charge in [0.2, 0.25) is 5.88 Å². The van der Waals surface area contributed by atoms with Gasteiger partial charge in [0.05, 0.1) is 5.56 Å². The monoisotopic (exact) mass is 474 g/mol. The van der Waals surface area contributed by atoms with E-state index in [1.807, 2.05) is 44.2 Å². The number of para-hydroxylation sites is 1. The lowest BCUT2D eigenvalue weighted by molar-refractivity contribution is 0.261. The number of hydrogen-bond donors (Lipinski definition) is 2. The van der Waals surface area contributed by atoms with Crippen LogP contribution in [0.1, 0.15) is 61.8 Å². The predicted octanol–water partition coefficient (Wildman–Crippen LogP) is 9.26. The molecule has 0 aliphatic carbocycles. The SMILES string of the molecule is Cc1cc(C)c2oc(NC(=O)Nc3c(C(C)C)cccc3C(C)C)c(-c3ccccc3Cl)c2c1. The van der Waals surface area contributed by atoms with E-state index in [9.17, 15) is 4.79 Å². The molecule has 4 nitrogen and oxygen atoms in total. The van der Waals surface area contributed by atoms with Crippen molar-refractivity contribution in [2.45, 2.75) is 53.4 Å². The van der Waals surface area contributed by atoms with Gasteiger partial charge in [-0.1, -0.05) is 81.8 Å². The average molecular weight is 475 g/mol. The van der Waals surface area contributed by atoms with Crippen molar-refractivity contribution in [3.63, 3.8) is 0 Å². The van der Waals surface area contributed by atoms with Crippen LogP contribution in [0, 0.1) is 13.8 Å². The Labute approximate surface area is 206 Å². The molecule has 0 fully saturated rings. The van der Waals surface area contributed by atoms with Crippen molar-refractivity contribution < 1.29 is 9.21 Å². The van der Waals surface area contributed by atoms with Crippen LogP contribution >= 0.6 is 11.6 Å². The Bertz CT molecular complexity index is 1340. The molecule has 2 N–H and O–H groups in total. The minimum Gasteiger partial charge on any atom is -0.439 e. The van der Waals surface area contributed by atoms with Gasteiger partial charge in [0.15, 0.2) is 0 Å². The number of nitrogens with one attached hydrogen (secondary N) is 2. The van der Waals surface area contributed by atoms with E-state index in [1.54, 1.807) is 0 Å². The average Bonchev–Trinajstić information content (AvgIpc) is 3.11. The van der Waals surface area contributed by atoms with Crippen molar-refractivity contribution in [3.05, 3.63) is 81.9 Å². The highest BCUT2D eigenvalue weighted by Crippen LogP contribution is 2.43. The number of halogens is 1. The van der Waals surface area contributed by atoms with Crippen LogP contribution in [0.25, 0.3) is 22.1 Å². The Morgan fingerprint density at radius 2 is 1.53 bits per heavy atom. The Balaban J connectivity index is 1.80. The Morgan fingerprint density at radius 1 is 0.882 bits per heavy atom. The van der Waals surface area contributed by atoms with E-state index in [0.717, 1.165) is 50.0 Å². The molecule has 0 atom stereocenters. The minimum absolute atomic E-state index is 0.268. The molecule has 1 heterocycles. The summed E-state index contributed by atoms with van der Waals surface area (Å²) in [7, 11) is 0. The van der Waals surface area contributed by atoms with Crippen molar-refractivity contribution in [1.82, 2.24) is 0 Å². The van der Waals surface area contributed by atoms with E-state index in [1.165, 1.54) is 0 Å². The molecule has 0 unspecified atom stereocenters. The molecule has 0 aliphatic heterocycles. The third-order valence-corrected chi connectivity index (χ3v) is 6.43. The van der Waals surface area contributed by atoms with Crippen LogP contribution in [0.2, 0.25) is 5.02 Å². The van der Waals surface area contributed by atoms with Gasteiger partial charge in [-0.2, -0.15) is 0 Å². The predicted molar refractivity (Wildman–Crippen MR) is 143 cm³/mol. The summed E-state index contributed by atoms with van der Waals surface area (Å²) in [5, 5.41) is 7.61. The second-order valence-corrected chi connectivity index (χ2v) is 9.85. The van der Waals surface area contributed by atoms with Crippen molar-refractivity contribution in [2.24, 2.45) is 0 Å². The summed E-state index contributed by atoms with van der Waals surface area (Å²) < 4.78 is 6.23. The number of benzene rings is 3. The molecule has 0 spiro atoms. The minimum atomic E-state index is -0.350. The summed E-state index contributed by atoms with van der Waals surface area (Å²) in [4.78, 5) is 13.3. The molecule has 0 radical (unpaired) electrons. The lowest BCUT2D eigenvalue weighted by Crippen LogP contribution is -2.21. The number of anilines is 2. The number of carbonyl (C=O) groups is 1. The van der Waals surface area contributed by atoms with Gasteiger partial charge in [-0.3, -0.25) is 5.32 Å². The summed E-state index contributed by atoms with van der Waals surface area (Å²) in [6.07, 6.45) is 0. The van der Waals surface area contributed by atoms with Gasteiger partial charge in [-0.25, -0.2) is 4.79 Å². The summed E-state index contributed by atoms with van der Waals surface area (Å²) in [5.41, 5.74) is 7.50. The molecule has 0 bridgehead atoms. The first-order chi connectivity index (χ1) is 16.2. The third kappa shape index (κ3) is 4.55. The molecule has 0 aliphatic rings. The van der Waals surface area contributed by atoms with Crippen LogP contribution in [0.4, 0.5) is 16.4 Å². The van der Waals surface area contributed by atoms with Crippen LogP contribution < -0.4 is 10.6 Å². The van der Waals surface area contributed by atoms with Gasteiger partial charge in [-0.05, 0) is 60.1 Å². The first-order valence-electron chi connectivity index (χ1n) is 11.7. The highest BCUT2D eigenvalue weighted by molar-refractivity contribution is 6.34. The molecular formula is C29H31ClN2O2. The topological polar surface area (TPSA) is 54.3 Å². The first-order valence-corrected chi connectivity index (χ1v) is 12.0. The van der Waals surface area contributed by atoms with E-state index in [4.69, 9.17) is 16.0 Å². The zero-order valence-electron chi connectivity index (χ0n) is 20.5. The molecule has 0 saturated heterocycles. The summed E-state index contributed by atoms with van der Waals surface area (Å²) >= 11 is 6.58. The van der Waals surface area contributed by atoms with Gasteiger partial charge in [0.1, 0.15) is 5.58 Å². The molecule has 2 amide bonds. The zero-order chi connectivity index (χ0) is 24.6. The molecular weight excluding hydrogens is 444 g/mol. The largest absolute Gasteiger partial charge is 0.439 e. The lowest BCUT2D eigenvalue weighted by atomic mass is 9.93. The molecule has 4 rings (SSSR count). The Kier molecular flexibility index (Phi) is 6.72. The molecule has 3 aromatic carbocycles. The van der Waals surface area contributed by atoms with Gasteiger partial charge < -0.3 is 9.73 Å². The van der Waals surface area contributed by atoms with Gasteiger partial charge >= 0.3 is 6.03 Å². The fourth-order valence-electron chi connectivity index (χ4n) is 4.51. The van der Waals surface area contributed by atoms with E-state index in [-0.39, 0.29) is 17.9 Å². The number of hydrogen-bond acceptors (Lipinski definition) is 2. The molecule has 4 aromatic rings. The molecule has 1 aromatic heterocycles.